The van der Waals surface area contributed by atoms with Crippen molar-refractivity contribution >= 4 is 47.3 Å². The average molecular weight is 432 g/mol. The number of rotatable bonds is 9. The lowest BCUT2D eigenvalue weighted by atomic mass is 9.98. The highest BCUT2D eigenvalue weighted by molar-refractivity contribution is 6.42. The lowest BCUT2D eigenvalue weighted by Gasteiger charge is -2.10. The Balaban J connectivity index is 0.00000364. The van der Waals surface area contributed by atoms with Gasteiger partial charge in [-0.05, 0) is 24.3 Å². The van der Waals surface area contributed by atoms with Gasteiger partial charge >= 0.3 is 0 Å². The lowest BCUT2D eigenvalue weighted by molar-refractivity contribution is 0.0942. The molecule has 0 bridgehead atoms. The summed E-state index contributed by atoms with van der Waals surface area (Å²) < 4.78 is 4.93. The fourth-order valence-electron chi connectivity index (χ4n) is 2.33. The second kappa shape index (κ2) is 12.0. The number of nitrogens with one attached hydrogen (secondary N) is 2. The quantitative estimate of drug-likeness (QED) is 0.470. The third-order valence-corrected chi connectivity index (χ3v) is 4.41. The molecule has 8 heteroatoms. The number of amides is 1. The van der Waals surface area contributed by atoms with Crippen LogP contribution >= 0.6 is 35.6 Å². The van der Waals surface area contributed by atoms with Crippen molar-refractivity contribution in [3.8, 4) is 0 Å². The van der Waals surface area contributed by atoms with Gasteiger partial charge < -0.3 is 15.4 Å². The summed E-state index contributed by atoms with van der Waals surface area (Å²) in [5.41, 5.74) is 1.01. The third-order valence-electron chi connectivity index (χ3n) is 3.67. The molecule has 0 spiro atoms. The normalized spacial score (nSPS) is 10.2. The van der Waals surface area contributed by atoms with Crippen molar-refractivity contribution in [2.24, 2.45) is 0 Å². The predicted molar refractivity (Wildman–Crippen MR) is 111 cm³/mol. The van der Waals surface area contributed by atoms with Gasteiger partial charge in [0.15, 0.2) is 5.78 Å². The molecule has 0 saturated carbocycles. The Morgan fingerprint density at radius 2 is 1.67 bits per heavy atom. The zero-order valence-electron chi connectivity index (χ0n) is 14.8. The minimum Gasteiger partial charge on any atom is -0.383 e. The average Bonchev–Trinajstić information content (AvgIpc) is 2.66. The van der Waals surface area contributed by atoms with Crippen LogP contribution in [0.15, 0.2) is 42.5 Å². The van der Waals surface area contributed by atoms with Crippen LogP contribution in [-0.4, -0.2) is 45.0 Å². The third kappa shape index (κ3) is 6.79. The van der Waals surface area contributed by atoms with Crippen molar-refractivity contribution in [1.82, 2.24) is 10.6 Å². The molecule has 1 amide bonds. The van der Waals surface area contributed by atoms with Crippen LogP contribution < -0.4 is 10.6 Å². The summed E-state index contributed by atoms with van der Waals surface area (Å²) in [7, 11) is 1.63. The standard InChI is InChI=1S/C19H20Cl2N2O3.ClH/c1-26-11-10-22-8-9-23-19(25)15-5-3-2-4-14(15)18(24)13-6-7-16(20)17(21)12-13;/h2-7,12,22H,8-11H2,1H3,(H,23,25);1H. The number of carbonyl (C=O) groups excluding carboxylic acids is 2. The van der Waals surface area contributed by atoms with Gasteiger partial charge in [0.05, 0.1) is 22.2 Å². The maximum absolute atomic E-state index is 12.8. The number of ether oxygens (including phenoxy) is 1. The Kier molecular flexibility index (Phi) is 10.4. The summed E-state index contributed by atoms with van der Waals surface area (Å²) >= 11 is 11.9. The van der Waals surface area contributed by atoms with Crippen LogP contribution in [0.4, 0.5) is 0 Å². The highest BCUT2D eigenvalue weighted by atomic mass is 35.5. The molecular formula is C19H21Cl3N2O3. The number of benzene rings is 2. The molecule has 0 atom stereocenters. The van der Waals surface area contributed by atoms with E-state index in [0.717, 1.165) is 0 Å². The van der Waals surface area contributed by atoms with Gasteiger partial charge in [-0.1, -0.05) is 41.4 Å². The maximum Gasteiger partial charge on any atom is 0.252 e. The van der Waals surface area contributed by atoms with Crippen molar-refractivity contribution in [1.29, 1.82) is 0 Å². The van der Waals surface area contributed by atoms with E-state index in [1.165, 1.54) is 6.07 Å². The monoisotopic (exact) mass is 430 g/mol. The summed E-state index contributed by atoms with van der Waals surface area (Å²) in [6.07, 6.45) is 0. The van der Waals surface area contributed by atoms with E-state index in [-0.39, 0.29) is 24.1 Å². The smallest absolute Gasteiger partial charge is 0.252 e. The molecule has 2 aromatic rings. The van der Waals surface area contributed by atoms with Crippen molar-refractivity contribution < 1.29 is 14.3 Å². The lowest BCUT2D eigenvalue weighted by Crippen LogP contribution is -2.33. The van der Waals surface area contributed by atoms with Crippen molar-refractivity contribution in [2.75, 3.05) is 33.4 Å². The van der Waals surface area contributed by atoms with Gasteiger partial charge in [0, 0.05) is 37.9 Å². The van der Waals surface area contributed by atoms with Crippen molar-refractivity contribution in [3.63, 3.8) is 0 Å². The van der Waals surface area contributed by atoms with E-state index in [1.54, 1.807) is 43.5 Å². The molecule has 2 aromatic carbocycles. The summed E-state index contributed by atoms with van der Waals surface area (Å²) in [6.45, 7) is 2.36. The number of hydrogen-bond acceptors (Lipinski definition) is 4. The van der Waals surface area contributed by atoms with Gasteiger partial charge in [-0.3, -0.25) is 9.59 Å². The fourth-order valence-corrected chi connectivity index (χ4v) is 2.63. The first-order valence-corrected chi connectivity index (χ1v) is 8.87. The Bertz CT molecular complexity index is 785. The zero-order chi connectivity index (χ0) is 18.9. The molecule has 2 rings (SSSR count). The Morgan fingerprint density at radius 1 is 0.963 bits per heavy atom. The second-order valence-electron chi connectivity index (χ2n) is 5.50. The zero-order valence-corrected chi connectivity index (χ0v) is 17.1. The van der Waals surface area contributed by atoms with E-state index < -0.39 is 0 Å². The molecule has 0 unspecified atom stereocenters. The molecule has 0 radical (unpaired) electrons. The molecular weight excluding hydrogens is 411 g/mol. The van der Waals surface area contributed by atoms with Crippen LogP contribution in [0.3, 0.4) is 0 Å². The van der Waals surface area contributed by atoms with Crippen molar-refractivity contribution in [3.05, 3.63) is 69.2 Å². The minimum atomic E-state index is -0.303. The number of ketones is 1. The van der Waals surface area contributed by atoms with E-state index in [2.05, 4.69) is 10.6 Å². The van der Waals surface area contributed by atoms with Crippen LogP contribution in [0.2, 0.25) is 10.0 Å². The molecule has 0 fully saturated rings. The molecule has 27 heavy (non-hydrogen) atoms. The van der Waals surface area contributed by atoms with E-state index in [0.29, 0.717) is 53.0 Å². The van der Waals surface area contributed by atoms with E-state index >= 15 is 0 Å². The summed E-state index contributed by atoms with van der Waals surface area (Å²) in [5.74, 6) is -0.588. The minimum absolute atomic E-state index is 0. The summed E-state index contributed by atoms with van der Waals surface area (Å²) in [4.78, 5) is 25.2. The molecule has 0 aliphatic rings. The Labute approximate surface area is 174 Å². The number of halogens is 3. The summed E-state index contributed by atoms with van der Waals surface area (Å²) in [5, 5.41) is 6.60. The topological polar surface area (TPSA) is 67.4 Å². The SMILES string of the molecule is COCCNCCNC(=O)c1ccccc1C(=O)c1ccc(Cl)c(Cl)c1.Cl. The van der Waals surface area contributed by atoms with E-state index in [9.17, 15) is 9.59 Å². The van der Waals surface area contributed by atoms with Gasteiger partial charge in [0.1, 0.15) is 0 Å². The first kappa shape index (κ1) is 23.4. The van der Waals surface area contributed by atoms with Gasteiger partial charge in [-0.2, -0.15) is 0 Å². The number of carbonyl (C=O) groups is 2. The van der Waals surface area contributed by atoms with E-state index in [1.807, 2.05) is 0 Å². The first-order chi connectivity index (χ1) is 12.5. The molecule has 0 saturated heterocycles. The van der Waals surface area contributed by atoms with Crippen LogP contribution in [0, 0.1) is 0 Å². The molecule has 0 aromatic heterocycles. The molecule has 0 aliphatic carbocycles. The highest BCUT2D eigenvalue weighted by Gasteiger charge is 2.18. The van der Waals surface area contributed by atoms with Gasteiger partial charge in [-0.15, -0.1) is 12.4 Å². The molecule has 2 N–H and O–H groups in total. The molecule has 5 nitrogen and oxygen atoms in total. The van der Waals surface area contributed by atoms with Crippen molar-refractivity contribution in [2.45, 2.75) is 0 Å². The van der Waals surface area contributed by atoms with Crippen LogP contribution in [0.1, 0.15) is 26.3 Å². The van der Waals surface area contributed by atoms with Crippen LogP contribution in [-0.2, 0) is 4.74 Å². The number of methoxy groups -OCH3 is 1. The van der Waals surface area contributed by atoms with Gasteiger partial charge in [0.2, 0.25) is 0 Å². The highest BCUT2D eigenvalue weighted by Crippen LogP contribution is 2.24. The second-order valence-corrected chi connectivity index (χ2v) is 6.32. The molecule has 0 heterocycles. The Hall–Kier alpha value is -1.63. The summed E-state index contributed by atoms with van der Waals surface area (Å²) in [6, 6.07) is 11.3. The fraction of sp³-hybridized carbons (Fsp3) is 0.263. The molecule has 146 valence electrons. The van der Waals surface area contributed by atoms with Gasteiger partial charge in [-0.25, -0.2) is 0 Å². The van der Waals surface area contributed by atoms with Gasteiger partial charge in [0.25, 0.3) is 5.91 Å². The predicted octanol–water partition coefficient (Wildman–Crippen LogP) is 3.61. The number of hydrogen-bond donors (Lipinski definition) is 2. The first-order valence-electron chi connectivity index (χ1n) is 8.11. The largest absolute Gasteiger partial charge is 0.383 e. The Morgan fingerprint density at radius 3 is 2.33 bits per heavy atom. The van der Waals surface area contributed by atoms with Crippen LogP contribution in [0.25, 0.3) is 0 Å². The maximum atomic E-state index is 12.8. The molecule has 0 aliphatic heterocycles. The van der Waals surface area contributed by atoms with Crippen LogP contribution in [0.5, 0.6) is 0 Å². The van der Waals surface area contributed by atoms with E-state index in [4.69, 9.17) is 27.9 Å².